The number of nitrogens with zero attached hydrogens (tertiary/aromatic N) is 3. The lowest BCUT2D eigenvalue weighted by atomic mass is 10.0. The Balaban J connectivity index is 1.29. The minimum absolute atomic E-state index is 1.13. The summed E-state index contributed by atoms with van der Waals surface area (Å²) in [4.78, 5) is 4.87. The largest absolute Gasteiger partial charge is 0.310 e. The second kappa shape index (κ2) is 14.2. The van der Waals surface area contributed by atoms with Crippen LogP contribution in [0.25, 0.3) is 38.3 Å². The van der Waals surface area contributed by atoms with Gasteiger partial charge in [-0.05, 0) is 161 Å². The lowest BCUT2D eigenvalue weighted by Gasteiger charge is -2.29. The number of anilines is 6. The highest BCUT2D eigenvalue weighted by atomic mass is 15.2. The van der Waals surface area contributed by atoms with Gasteiger partial charge >= 0.3 is 0 Å². The zero-order valence-electron chi connectivity index (χ0n) is 34.3. The molecule has 8 aromatic carbocycles. The molecule has 0 aliphatic carbocycles. The van der Waals surface area contributed by atoms with Crippen molar-refractivity contribution in [2.45, 2.75) is 55.4 Å². The average Bonchev–Trinajstić information content (AvgIpc) is 3.49. The van der Waals surface area contributed by atoms with E-state index in [0.717, 1.165) is 17.1 Å². The zero-order valence-corrected chi connectivity index (χ0v) is 34.3. The lowest BCUT2D eigenvalue weighted by Crippen LogP contribution is -2.13. The molecule has 0 saturated carbocycles. The van der Waals surface area contributed by atoms with Gasteiger partial charge in [-0.2, -0.15) is 0 Å². The highest BCUT2D eigenvalue weighted by Crippen LogP contribution is 2.44. The Kier molecular flexibility index (Phi) is 8.97. The normalized spacial score (nSPS) is 11.5. The van der Waals surface area contributed by atoms with Gasteiger partial charge in [-0.3, -0.25) is 0 Å². The van der Waals surface area contributed by atoms with Crippen molar-refractivity contribution in [2.24, 2.45) is 0 Å². The summed E-state index contributed by atoms with van der Waals surface area (Å²) in [6.07, 6.45) is 0. The van der Waals surface area contributed by atoms with Crippen LogP contribution in [0.4, 0.5) is 34.1 Å². The van der Waals surface area contributed by atoms with E-state index < -0.39 is 0 Å². The van der Waals surface area contributed by atoms with Gasteiger partial charge in [-0.25, -0.2) is 0 Å². The lowest BCUT2D eigenvalue weighted by molar-refractivity contribution is 1.17. The second-order valence-electron chi connectivity index (χ2n) is 16.1. The van der Waals surface area contributed by atoms with Gasteiger partial charge in [0.2, 0.25) is 0 Å². The minimum atomic E-state index is 1.13. The number of hydrogen-bond donors (Lipinski definition) is 0. The third-order valence-corrected chi connectivity index (χ3v) is 11.6. The molecular weight excluding hydrogens is 691 g/mol. The van der Waals surface area contributed by atoms with Crippen LogP contribution in [-0.2, 0) is 0 Å². The molecule has 0 atom stereocenters. The van der Waals surface area contributed by atoms with Crippen LogP contribution in [-0.4, -0.2) is 4.57 Å². The Morgan fingerprint density at radius 1 is 0.333 bits per heavy atom. The monoisotopic (exact) mass is 739 g/mol. The smallest absolute Gasteiger partial charge is 0.0561 e. The number of para-hydroxylation sites is 1. The van der Waals surface area contributed by atoms with E-state index in [1.807, 2.05) is 0 Å². The maximum Gasteiger partial charge on any atom is 0.0561 e. The summed E-state index contributed by atoms with van der Waals surface area (Å²) in [6, 6.07) is 56.7. The summed E-state index contributed by atoms with van der Waals surface area (Å²) < 4.78 is 2.45. The van der Waals surface area contributed by atoms with Crippen LogP contribution >= 0.6 is 0 Å². The van der Waals surface area contributed by atoms with Gasteiger partial charge in [0.25, 0.3) is 0 Å². The Labute approximate surface area is 337 Å². The van der Waals surface area contributed by atoms with E-state index in [9.17, 15) is 0 Å². The number of hydrogen-bond acceptors (Lipinski definition) is 2. The van der Waals surface area contributed by atoms with Crippen molar-refractivity contribution < 1.29 is 0 Å². The molecule has 0 radical (unpaired) electrons. The van der Waals surface area contributed by atoms with Gasteiger partial charge in [0.15, 0.2) is 0 Å². The topological polar surface area (TPSA) is 11.4 Å². The Bertz CT molecular complexity index is 2900. The van der Waals surface area contributed by atoms with Crippen LogP contribution < -0.4 is 9.80 Å². The van der Waals surface area contributed by atoms with E-state index in [-0.39, 0.29) is 0 Å². The molecule has 1 heterocycles. The van der Waals surface area contributed by atoms with E-state index in [2.05, 4.69) is 221 Å². The first-order valence-electron chi connectivity index (χ1n) is 20.0. The van der Waals surface area contributed by atoms with Gasteiger partial charge in [0, 0.05) is 50.6 Å². The van der Waals surface area contributed by atoms with Crippen LogP contribution in [0.3, 0.4) is 0 Å². The number of aromatic nitrogens is 1. The molecule has 0 N–H and O–H groups in total. The molecule has 3 nitrogen and oxygen atoms in total. The summed E-state index contributed by atoms with van der Waals surface area (Å²) in [5.74, 6) is 0. The fraction of sp³-hybridized carbons (Fsp3) is 0.148. The summed E-state index contributed by atoms with van der Waals surface area (Å²) in [7, 11) is 0. The SMILES string of the molecule is Cc1ccc(N(c2ccc3cc4c5ccc(N(c6ccc(C)cc6C)c6ccc(C)cc6C)cc5n(-c5ccccc5)c4cc3c2)c2ccc(C)cc2C)c(C)c1. The molecule has 0 aliphatic heterocycles. The maximum absolute atomic E-state index is 2.45. The molecule has 57 heavy (non-hydrogen) atoms. The van der Waals surface area contributed by atoms with Gasteiger partial charge in [0.05, 0.1) is 11.0 Å². The van der Waals surface area contributed by atoms with E-state index in [1.165, 1.54) is 99.8 Å². The molecule has 3 heteroatoms. The summed E-state index contributed by atoms with van der Waals surface area (Å²) >= 11 is 0. The van der Waals surface area contributed by atoms with Crippen LogP contribution in [0.15, 0.2) is 152 Å². The van der Waals surface area contributed by atoms with Gasteiger partial charge < -0.3 is 14.4 Å². The number of benzene rings is 8. The van der Waals surface area contributed by atoms with Gasteiger partial charge in [-0.15, -0.1) is 0 Å². The molecule has 0 fully saturated rings. The van der Waals surface area contributed by atoms with E-state index in [4.69, 9.17) is 0 Å². The average molecular weight is 740 g/mol. The fourth-order valence-electron chi connectivity index (χ4n) is 8.91. The molecule has 0 unspecified atom stereocenters. The molecular formula is C54H49N3. The first-order chi connectivity index (χ1) is 27.5. The van der Waals surface area contributed by atoms with Gasteiger partial charge in [-0.1, -0.05) is 101 Å². The summed E-state index contributed by atoms with van der Waals surface area (Å²) in [5.41, 5.74) is 20.6. The third-order valence-electron chi connectivity index (χ3n) is 11.6. The molecule has 0 saturated heterocycles. The second-order valence-corrected chi connectivity index (χ2v) is 16.1. The molecule has 9 rings (SSSR count). The third kappa shape index (κ3) is 6.43. The molecule has 280 valence electrons. The number of rotatable bonds is 7. The van der Waals surface area contributed by atoms with E-state index in [0.29, 0.717) is 0 Å². The molecule has 0 amide bonds. The molecule has 1 aromatic heterocycles. The van der Waals surface area contributed by atoms with Crippen LogP contribution in [0.1, 0.15) is 44.5 Å². The molecule has 0 aliphatic rings. The Morgan fingerprint density at radius 3 is 1.25 bits per heavy atom. The van der Waals surface area contributed by atoms with E-state index in [1.54, 1.807) is 0 Å². The zero-order chi connectivity index (χ0) is 39.5. The predicted octanol–water partition coefficient (Wildman–Crippen LogP) is 15.3. The summed E-state index contributed by atoms with van der Waals surface area (Å²) in [5, 5.41) is 4.89. The van der Waals surface area contributed by atoms with Crippen molar-refractivity contribution in [3.8, 4) is 5.69 Å². The highest BCUT2D eigenvalue weighted by Gasteiger charge is 2.22. The molecule has 9 aromatic rings. The van der Waals surface area contributed by atoms with Crippen molar-refractivity contribution in [1.82, 2.24) is 4.57 Å². The quantitative estimate of drug-likeness (QED) is 0.161. The molecule has 0 bridgehead atoms. The first-order valence-corrected chi connectivity index (χ1v) is 20.0. The van der Waals surface area contributed by atoms with Crippen molar-refractivity contribution in [1.29, 1.82) is 0 Å². The standard InChI is InChI=1S/C54H49N3/c1-34-14-22-49(38(5)26-34)56(50-23-15-35(2)27-39(50)6)45-19-18-42-31-48-47-21-20-46(33-54(47)55(44-12-10-9-11-13-44)53(48)32-43(42)30-45)57(51-24-16-36(3)28-40(51)7)52-25-17-37(4)29-41(52)8/h9-33H,1-8H3. The summed E-state index contributed by atoms with van der Waals surface area (Å²) in [6.45, 7) is 17.5. The van der Waals surface area contributed by atoms with Crippen molar-refractivity contribution in [3.63, 3.8) is 0 Å². The predicted molar refractivity (Wildman–Crippen MR) is 246 cm³/mol. The van der Waals surface area contributed by atoms with Crippen LogP contribution in [0, 0.1) is 55.4 Å². The van der Waals surface area contributed by atoms with Crippen molar-refractivity contribution in [2.75, 3.05) is 9.80 Å². The Hall–Kier alpha value is -6.58. The van der Waals surface area contributed by atoms with Crippen molar-refractivity contribution >= 4 is 66.7 Å². The van der Waals surface area contributed by atoms with Crippen LogP contribution in [0.5, 0.6) is 0 Å². The fourth-order valence-corrected chi connectivity index (χ4v) is 8.91. The Morgan fingerprint density at radius 2 is 0.772 bits per heavy atom. The number of fused-ring (bicyclic) bond motifs is 4. The minimum Gasteiger partial charge on any atom is -0.310 e. The van der Waals surface area contributed by atoms with Crippen molar-refractivity contribution in [3.05, 3.63) is 196 Å². The molecule has 0 spiro atoms. The highest BCUT2D eigenvalue weighted by molar-refractivity contribution is 6.15. The van der Waals surface area contributed by atoms with Crippen LogP contribution in [0.2, 0.25) is 0 Å². The number of aryl methyl sites for hydroxylation is 8. The van der Waals surface area contributed by atoms with Gasteiger partial charge in [0.1, 0.15) is 0 Å². The maximum atomic E-state index is 2.45. The van der Waals surface area contributed by atoms with E-state index >= 15 is 0 Å². The first kappa shape index (κ1) is 36.1.